The van der Waals surface area contributed by atoms with Gasteiger partial charge in [-0.25, -0.2) is 0 Å². The fraction of sp³-hybridized carbons (Fsp3) is 0.333. The highest BCUT2D eigenvalue weighted by molar-refractivity contribution is 5.88. The highest BCUT2D eigenvalue weighted by atomic mass is 15.3. The normalized spacial score (nSPS) is 11.3. The molecular weight excluding hydrogens is 164 g/mol. The molecule has 0 unspecified atom stereocenters. The van der Waals surface area contributed by atoms with Gasteiger partial charge in [0.25, 0.3) is 0 Å². The van der Waals surface area contributed by atoms with Crippen LogP contribution in [-0.4, -0.2) is 14.8 Å². The lowest BCUT2D eigenvalue weighted by molar-refractivity contribution is 0.552. The topological polar surface area (TPSA) is 56.7 Å². The molecule has 0 aliphatic carbocycles. The Balaban J connectivity index is 2.78. The first-order valence-corrected chi connectivity index (χ1v) is 4.28. The minimum atomic E-state index is 0.309. The van der Waals surface area contributed by atoms with Crippen molar-refractivity contribution >= 4 is 16.7 Å². The van der Waals surface area contributed by atoms with Crippen molar-refractivity contribution in [1.29, 1.82) is 0 Å². The second-order valence-corrected chi connectivity index (χ2v) is 3.32. The first-order valence-electron chi connectivity index (χ1n) is 4.28. The van der Waals surface area contributed by atoms with Crippen LogP contribution in [0.4, 0.5) is 5.82 Å². The maximum absolute atomic E-state index is 5.76. The Labute approximate surface area is 76.4 Å². The number of hydrogen-bond acceptors (Lipinski definition) is 3. The monoisotopic (exact) mass is 176 g/mol. The second-order valence-electron chi connectivity index (χ2n) is 3.32. The molecule has 2 rings (SSSR count). The molecule has 4 heteroatoms. The largest absolute Gasteiger partial charge is 0.382 e. The van der Waals surface area contributed by atoms with Crippen molar-refractivity contribution in [3.8, 4) is 0 Å². The summed E-state index contributed by atoms with van der Waals surface area (Å²) < 4.78 is 1.89. The van der Waals surface area contributed by atoms with Crippen molar-refractivity contribution in [2.24, 2.45) is 0 Å². The Morgan fingerprint density at radius 2 is 2.23 bits per heavy atom. The van der Waals surface area contributed by atoms with E-state index in [1.54, 1.807) is 12.4 Å². The van der Waals surface area contributed by atoms with Gasteiger partial charge in [-0.2, -0.15) is 5.10 Å². The van der Waals surface area contributed by atoms with E-state index in [0.29, 0.717) is 11.9 Å². The van der Waals surface area contributed by atoms with E-state index in [9.17, 15) is 0 Å². The fourth-order valence-electron chi connectivity index (χ4n) is 1.40. The minimum absolute atomic E-state index is 0.309. The lowest BCUT2D eigenvalue weighted by atomic mass is 10.3. The van der Waals surface area contributed by atoms with Gasteiger partial charge in [0, 0.05) is 17.6 Å². The van der Waals surface area contributed by atoms with Gasteiger partial charge in [-0.15, -0.1) is 0 Å². The van der Waals surface area contributed by atoms with Crippen LogP contribution in [0.15, 0.2) is 18.5 Å². The molecular formula is C9H12N4. The summed E-state index contributed by atoms with van der Waals surface area (Å²) in [4.78, 5) is 4.05. The molecule has 13 heavy (non-hydrogen) atoms. The van der Waals surface area contributed by atoms with E-state index in [1.807, 2.05) is 10.7 Å². The molecule has 4 nitrogen and oxygen atoms in total. The highest BCUT2D eigenvalue weighted by Crippen LogP contribution is 2.21. The van der Waals surface area contributed by atoms with Crippen LogP contribution in [0.1, 0.15) is 19.9 Å². The zero-order valence-corrected chi connectivity index (χ0v) is 7.73. The average Bonchev–Trinajstić information content (AvgIpc) is 2.45. The lowest BCUT2D eigenvalue weighted by Gasteiger charge is -2.05. The Kier molecular flexibility index (Phi) is 1.69. The van der Waals surface area contributed by atoms with Crippen molar-refractivity contribution in [3.63, 3.8) is 0 Å². The van der Waals surface area contributed by atoms with Gasteiger partial charge in [-0.1, -0.05) is 0 Å². The van der Waals surface area contributed by atoms with E-state index in [1.165, 1.54) is 0 Å². The van der Waals surface area contributed by atoms with Crippen molar-refractivity contribution in [3.05, 3.63) is 18.5 Å². The van der Waals surface area contributed by atoms with E-state index < -0.39 is 0 Å². The number of rotatable bonds is 1. The predicted octanol–water partition coefficient (Wildman–Crippen LogP) is 1.59. The lowest BCUT2D eigenvalue weighted by Crippen LogP contribution is -2.02. The van der Waals surface area contributed by atoms with Crippen LogP contribution in [0, 0.1) is 0 Å². The third-order valence-corrected chi connectivity index (χ3v) is 2.03. The van der Waals surface area contributed by atoms with E-state index >= 15 is 0 Å². The smallest absolute Gasteiger partial charge is 0.153 e. The molecule has 0 amide bonds. The predicted molar refractivity (Wildman–Crippen MR) is 52.3 cm³/mol. The Hall–Kier alpha value is -1.58. The van der Waals surface area contributed by atoms with Crippen molar-refractivity contribution in [1.82, 2.24) is 14.8 Å². The van der Waals surface area contributed by atoms with Gasteiger partial charge < -0.3 is 5.73 Å². The van der Waals surface area contributed by atoms with Crippen molar-refractivity contribution < 1.29 is 0 Å². The molecule has 0 saturated carbocycles. The maximum atomic E-state index is 5.76. The van der Waals surface area contributed by atoms with Crippen molar-refractivity contribution in [2.45, 2.75) is 19.9 Å². The number of anilines is 1. The average molecular weight is 176 g/mol. The third-order valence-electron chi connectivity index (χ3n) is 2.03. The summed E-state index contributed by atoms with van der Waals surface area (Å²) in [5.74, 6) is 0.575. The molecule has 2 aromatic rings. The van der Waals surface area contributed by atoms with Crippen LogP contribution >= 0.6 is 0 Å². The van der Waals surface area contributed by atoms with Crippen LogP contribution in [0.2, 0.25) is 0 Å². The summed E-state index contributed by atoms with van der Waals surface area (Å²) in [5, 5.41) is 5.22. The van der Waals surface area contributed by atoms with E-state index in [2.05, 4.69) is 23.9 Å². The quantitative estimate of drug-likeness (QED) is 0.717. The number of pyridine rings is 1. The number of fused-ring (bicyclic) bond motifs is 1. The maximum Gasteiger partial charge on any atom is 0.153 e. The van der Waals surface area contributed by atoms with Gasteiger partial charge in [0.05, 0.1) is 11.7 Å². The first kappa shape index (κ1) is 8.04. The van der Waals surface area contributed by atoms with Crippen LogP contribution in [0.5, 0.6) is 0 Å². The molecule has 0 atom stereocenters. The van der Waals surface area contributed by atoms with E-state index in [-0.39, 0.29) is 0 Å². The van der Waals surface area contributed by atoms with Crippen LogP contribution < -0.4 is 5.73 Å². The number of nitrogens with zero attached hydrogens (tertiary/aromatic N) is 3. The van der Waals surface area contributed by atoms with Crippen LogP contribution in [-0.2, 0) is 0 Å². The molecule has 2 N–H and O–H groups in total. The fourth-order valence-corrected chi connectivity index (χ4v) is 1.40. The van der Waals surface area contributed by atoms with Gasteiger partial charge in [0.2, 0.25) is 0 Å². The molecule has 0 aliphatic heterocycles. The molecule has 0 fully saturated rings. The summed E-state index contributed by atoms with van der Waals surface area (Å²) in [6, 6.07) is 2.19. The molecule has 0 bridgehead atoms. The number of nitrogens with two attached hydrogens (primary N) is 1. The SMILES string of the molecule is CC(C)n1nc(N)c2ccncc21. The van der Waals surface area contributed by atoms with Gasteiger partial charge in [0.1, 0.15) is 0 Å². The number of nitrogen functional groups attached to an aromatic ring is 1. The Morgan fingerprint density at radius 3 is 2.92 bits per heavy atom. The summed E-state index contributed by atoms with van der Waals surface area (Å²) >= 11 is 0. The molecule has 0 aromatic carbocycles. The summed E-state index contributed by atoms with van der Waals surface area (Å²) in [5.41, 5.74) is 6.75. The minimum Gasteiger partial charge on any atom is -0.382 e. The molecule has 0 aliphatic rings. The van der Waals surface area contributed by atoms with Crippen LogP contribution in [0.25, 0.3) is 10.9 Å². The van der Waals surface area contributed by atoms with E-state index in [4.69, 9.17) is 5.73 Å². The third kappa shape index (κ3) is 1.14. The summed E-state index contributed by atoms with van der Waals surface area (Å²) in [6.07, 6.45) is 3.52. The van der Waals surface area contributed by atoms with Gasteiger partial charge in [0.15, 0.2) is 5.82 Å². The van der Waals surface area contributed by atoms with Crippen molar-refractivity contribution in [2.75, 3.05) is 5.73 Å². The van der Waals surface area contributed by atoms with E-state index in [0.717, 1.165) is 10.9 Å². The standard InChI is InChI=1S/C9H12N4/c1-6(2)13-8-5-11-4-3-7(8)9(10)12-13/h3-6H,1-2H3,(H2,10,12). The first-order chi connectivity index (χ1) is 6.20. The molecule has 0 radical (unpaired) electrons. The van der Waals surface area contributed by atoms with Gasteiger partial charge in [-0.05, 0) is 19.9 Å². The molecule has 68 valence electrons. The highest BCUT2D eigenvalue weighted by Gasteiger charge is 2.08. The Bertz CT molecular complexity index is 430. The zero-order valence-electron chi connectivity index (χ0n) is 7.73. The number of hydrogen-bond donors (Lipinski definition) is 1. The number of aromatic nitrogens is 3. The summed E-state index contributed by atoms with van der Waals surface area (Å²) in [6.45, 7) is 4.14. The molecule has 2 heterocycles. The molecule has 0 spiro atoms. The zero-order chi connectivity index (χ0) is 9.42. The second kappa shape index (κ2) is 2.73. The van der Waals surface area contributed by atoms with Gasteiger partial charge >= 0.3 is 0 Å². The molecule has 0 saturated heterocycles. The summed E-state index contributed by atoms with van der Waals surface area (Å²) in [7, 11) is 0. The van der Waals surface area contributed by atoms with Gasteiger partial charge in [-0.3, -0.25) is 9.67 Å². The Morgan fingerprint density at radius 1 is 1.46 bits per heavy atom. The molecule has 2 aromatic heterocycles. The van der Waals surface area contributed by atoms with Crippen LogP contribution in [0.3, 0.4) is 0 Å².